The van der Waals surface area contributed by atoms with Crippen LogP contribution in [0.1, 0.15) is 52.9 Å². The van der Waals surface area contributed by atoms with E-state index in [2.05, 4.69) is 30.4 Å². The molecule has 1 aliphatic rings. The smallest absolute Gasteiger partial charge is 0.208 e. The Morgan fingerprint density at radius 2 is 2.06 bits per heavy atom. The topological polar surface area (TPSA) is 49.4 Å². The van der Waals surface area contributed by atoms with E-state index in [0.29, 0.717) is 0 Å². The number of nitrogens with zero attached hydrogens (tertiary/aromatic N) is 1. The highest BCUT2D eigenvalue weighted by atomic mass is 32.2. The third-order valence-corrected chi connectivity index (χ3v) is 4.92. The van der Waals surface area contributed by atoms with Crippen molar-refractivity contribution in [2.45, 2.75) is 64.5 Å². The van der Waals surface area contributed by atoms with Gasteiger partial charge in [0.25, 0.3) is 0 Å². The zero-order valence-electron chi connectivity index (χ0n) is 12.2. The molecule has 108 valence electrons. The minimum atomic E-state index is -3.08. The van der Waals surface area contributed by atoms with E-state index in [0.717, 1.165) is 25.9 Å². The monoisotopic (exact) mass is 276 g/mol. The van der Waals surface area contributed by atoms with Gasteiger partial charge in [0.15, 0.2) is 0 Å². The third kappa shape index (κ3) is 4.52. The molecular weight excluding hydrogens is 248 g/mol. The maximum atomic E-state index is 11.3. The quantitative estimate of drug-likeness (QED) is 0.773. The van der Waals surface area contributed by atoms with Gasteiger partial charge in [-0.25, -0.2) is 13.1 Å². The molecule has 4 nitrogen and oxygen atoms in total. The van der Waals surface area contributed by atoms with Crippen molar-refractivity contribution in [3.8, 4) is 0 Å². The molecule has 1 fully saturated rings. The Balaban J connectivity index is 2.58. The predicted octanol–water partition coefficient (Wildman–Crippen LogP) is 1.97. The summed E-state index contributed by atoms with van der Waals surface area (Å²) < 4.78 is 25.2. The first kappa shape index (κ1) is 15.9. The van der Waals surface area contributed by atoms with Crippen LogP contribution in [0.3, 0.4) is 0 Å². The van der Waals surface area contributed by atoms with Crippen molar-refractivity contribution in [1.82, 2.24) is 9.62 Å². The van der Waals surface area contributed by atoms with Crippen LogP contribution in [-0.2, 0) is 10.0 Å². The van der Waals surface area contributed by atoms with Crippen LogP contribution in [0, 0.1) is 0 Å². The van der Waals surface area contributed by atoms with Crippen LogP contribution in [0.15, 0.2) is 0 Å². The lowest BCUT2D eigenvalue weighted by molar-refractivity contribution is 0.115. The summed E-state index contributed by atoms with van der Waals surface area (Å²) in [6.45, 7) is 8.61. The van der Waals surface area contributed by atoms with E-state index in [-0.39, 0.29) is 11.6 Å². The van der Waals surface area contributed by atoms with E-state index in [4.69, 9.17) is 0 Å². The van der Waals surface area contributed by atoms with Gasteiger partial charge in [-0.3, -0.25) is 4.90 Å². The van der Waals surface area contributed by atoms with Crippen molar-refractivity contribution < 1.29 is 8.42 Å². The van der Waals surface area contributed by atoms with Gasteiger partial charge in [-0.05, 0) is 26.2 Å². The van der Waals surface area contributed by atoms with E-state index in [1.165, 1.54) is 25.5 Å². The summed E-state index contributed by atoms with van der Waals surface area (Å²) in [6.07, 6.45) is 6.95. The van der Waals surface area contributed by atoms with E-state index in [1.54, 1.807) is 0 Å². The van der Waals surface area contributed by atoms with Crippen LogP contribution >= 0.6 is 0 Å². The van der Waals surface area contributed by atoms with Crippen LogP contribution in [0.2, 0.25) is 0 Å². The van der Waals surface area contributed by atoms with Crippen molar-refractivity contribution in [2.24, 2.45) is 0 Å². The summed E-state index contributed by atoms with van der Waals surface area (Å²) in [4.78, 5) is 2.46. The summed E-state index contributed by atoms with van der Waals surface area (Å²) in [5.41, 5.74) is 0.226. The normalized spacial score (nSPS) is 25.2. The lowest BCUT2D eigenvalue weighted by Gasteiger charge is -2.38. The Morgan fingerprint density at radius 3 is 2.56 bits per heavy atom. The van der Waals surface area contributed by atoms with Crippen LogP contribution < -0.4 is 4.72 Å². The van der Waals surface area contributed by atoms with Gasteiger partial charge in [-0.2, -0.15) is 0 Å². The highest BCUT2D eigenvalue weighted by Crippen LogP contribution is 2.29. The molecule has 2 atom stereocenters. The second-order valence-electron chi connectivity index (χ2n) is 5.78. The van der Waals surface area contributed by atoms with Gasteiger partial charge >= 0.3 is 0 Å². The standard InChI is InChI=1S/C13H28N2O2S/c1-5-7-9-13(3,6-2)15-10-8-12(11-15)14-18(4,16)17/h12,14H,5-11H2,1-4H3/t12-,13?/m1/s1. The summed E-state index contributed by atoms with van der Waals surface area (Å²) in [6, 6.07) is 0.0903. The number of hydrogen-bond donors (Lipinski definition) is 1. The van der Waals surface area contributed by atoms with Gasteiger partial charge in [0.05, 0.1) is 6.26 Å². The first-order valence-corrected chi connectivity index (χ1v) is 8.92. The fraction of sp³-hybridized carbons (Fsp3) is 1.00. The Bertz CT molecular complexity index is 356. The zero-order valence-corrected chi connectivity index (χ0v) is 13.0. The minimum absolute atomic E-state index is 0.0903. The van der Waals surface area contributed by atoms with Crippen molar-refractivity contribution >= 4 is 10.0 Å². The molecule has 0 saturated carbocycles. The molecule has 0 spiro atoms. The molecule has 18 heavy (non-hydrogen) atoms. The lowest BCUT2D eigenvalue weighted by atomic mass is 9.90. The first-order valence-electron chi connectivity index (χ1n) is 7.03. The summed E-state index contributed by atoms with van der Waals surface area (Å²) in [7, 11) is -3.08. The molecule has 0 aromatic heterocycles. The molecule has 0 aromatic rings. The first-order chi connectivity index (χ1) is 8.30. The summed E-state index contributed by atoms with van der Waals surface area (Å²) in [5, 5.41) is 0. The number of sulfonamides is 1. The molecular formula is C13H28N2O2S. The Kier molecular flexibility index (Phi) is 5.62. The molecule has 0 bridgehead atoms. The van der Waals surface area contributed by atoms with E-state index in [9.17, 15) is 8.42 Å². The molecule has 1 unspecified atom stereocenters. The number of rotatable bonds is 7. The fourth-order valence-corrected chi connectivity index (χ4v) is 3.56. The Morgan fingerprint density at radius 1 is 1.39 bits per heavy atom. The van der Waals surface area contributed by atoms with Crippen molar-refractivity contribution in [3.63, 3.8) is 0 Å². The van der Waals surface area contributed by atoms with Gasteiger partial charge in [-0.1, -0.05) is 26.7 Å². The van der Waals surface area contributed by atoms with Crippen LogP contribution in [0.5, 0.6) is 0 Å². The second-order valence-corrected chi connectivity index (χ2v) is 7.56. The maximum Gasteiger partial charge on any atom is 0.208 e. The lowest BCUT2D eigenvalue weighted by Crippen LogP contribution is -2.46. The van der Waals surface area contributed by atoms with Crippen molar-refractivity contribution in [1.29, 1.82) is 0 Å². The molecule has 0 aromatic carbocycles. The SMILES string of the molecule is CCCCC(C)(CC)N1CC[C@@H](NS(C)(=O)=O)C1. The molecule has 1 rings (SSSR count). The van der Waals surface area contributed by atoms with E-state index in [1.807, 2.05) is 0 Å². The Hall–Kier alpha value is -0.130. The van der Waals surface area contributed by atoms with Crippen LogP contribution in [-0.4, -0.2) is 44.2 Å². The zero-order chi connectivity index (χ0) is 13.8. The van der Waals surface area contributed by atoms with E-state index < -0.39 is 10.0 Å². The maximum absolute atomic E-state index is 11.3. The van der Waals surface area contributed by atoms with Gasteiger partial charge in [0.2, 0.25) is 10.0 Å². The number of nitrogens with one attached hydrogen (secondary N) is 1. The number of likely N-dealkylation sites (tertiary alicyclic amines) is 1. The molecule has 5 heteroatoms. The summed E-state index contributed by atoms with van der Waals surface area (Å²) >= 11 is 0. The van der Waals surface area contributed by atoms with Gasteiger partial charge in [-0.15, -0.1) is 0 Å². The predicted molar refractivity (Wildman–Crippen MR) is 76.2 cm³/mol. The highest BCUT2D eigenvalue weighted by Gasteiger charge is 2.35. The third-order valence-electron chi connectivity index (χ3n) is 4.16. The molecule has 1 saturated heterocycles. The van der Waals surface area contributed by atoms with Gasteiger partial charge < -0.3 is 0 Å². The van der Waals surface area contributed by atoms with Gasteiger partial charge in [0.1, 0.15) is 0 Å². The molecule has 1 N–H and O–H groups in total. The highest BCUT2D eigenvalue weighted by molar-refractivity contribution is 7.88. The molecule has 0 radical (unpaired) electrons. The van der Waals surface area contributed by atoms with Crippen molar-refractivity contribution in [3.05, 3.63) is 0 Å². The molecule has 1 heterocycles. The van der Waals surface area contributed by atoms with E-state index >= 15 is 0 Å². The molecule has 0 amide bonds. The Labute approximate surface area is 112 Å². The van der Waals surface area contributed by atoms with Crippen molar-refractivity contribution in [2.75, 3.05) is 19.3 Å². The van der Waals surface area contributed by atoms with Crippen LogP contribution in [0.4, 0.5) is 0 Å². The number of hydrogen-bond acceptors (Lipinski definition) is 3. The second kappa shape index (κ2) is 6.35. The largest absolute Gasteiger partial charge is 0.296 e. The molecule has 0 aliphatic carbocycles. The van der Waals surface area contributed by atoms with Crippen LogP contribution in [0.25, 0.3) is 0 Å². The van der Waals surface area contributed by atoms with Gasteiger partial charge in [0, 0.05) is 24.7 Å². The average Bonchev–Trinajstić information content (AvgIpc) is 2.72. The minimum Gasteiger partial charge on any atom is -0.296 e. The molecule has 1 aliphatic heterocycles. The fourth-order valence-electron chi connectivity index (χ4n) is 2.77. The number of unbranched alkanes of at least 4 members (excludes halogenated alkanes) is 1. The average molecular weight is 276 g/mol. The summed E-state index contributed by atoms with van der Waals surface area (Å²) in [5.74, 6) is 0.